The molecule has 116 valence electrons. The first-order valence-electron chi connectivity index (χ1n) is 9.03. The van der Waals surface area contributed by atoms with E-state index in [1.165, 1.54) is 19.3 Å². The second kappa shape index (κ2) is 4.55. The molecule has 3 heteroatoms. The Morgan fingerprint density at radius 1 is 0.952 bits per heavy atom. The second-order valence-corrected chi connectivity index (χ2v) is 8.25. The molecule has 2 bridgehead atoms. The highest BCUT2D eigenvalue weighted by Gasteiger charge is 2.67. The number of hydrogen-bond acceptors (Lipinski definition) is 3. The number of fused-ring (bicyclic) bond motifs is 5. The number of hydrogen-bond donors (Lipinski definition) is 0. The van der Waals surface area contributed by atoms with Crippen molar-refractivity contribution < 1.29 is 14.3 Å². The van der Waals surface area contributed by atoms with Gasteiger partial charge in [0.25, 0.3) is 0 Å². The third-order valence-corrected chi connectivity index (χ3v) is 7.36. The normalized spacial score (nSPS) is 50.1. The molecule has 5 rings (SSSR count). The first-order valence-corrected chi connectivity index (χ1v) is 9.03. The smallest absolute Gasteiger partial charge is 0.139 e. The van der Waals surface area contributed by atoms with Crippen molar-refractivity contribution in [2.24, 2.45) is 35.5 Å². The lowest BCUT2D eigenvalue weighted by atomic mass is 9.77. The Kier molecular flexibility index (Phi) is 2.83. The Morgan fingerprint density at radius 2 is 1.67 bits per heavy atom. The lowest BCUT2D eigenvalue weighted by molar-refractivity contribution is -0.158. The monoisotopic (exact) mass is 290 g/mol. The summed E-state index contributed by atoms with van der Waals surface area (Å²) in [6.07, 6.45) is 8.16. The summed E-state index contributed by atoms with van der Waals surface area (Å²) in [5, 5.41) is 0. The van der Waals surface area contributed by atoms with E-state index in [4.69, 9.17) is 9.47 Å². The molecule has 5 atom stereocenters. The molecule has 5 aliphatic rings. The second-order valence-electron chi connectivity index (χ2n) is 8.25. The van der Waals surface area contributed by atoms with Crippen molar-refractivity contribution in [3.05, 3.63) is 0 Å². The Labute approximate surface area is 126 Å². The molecular weight excluding hydrogens is 264 g/mol. The zero-order valence-corrected chi connectivity index (χ0v) is 12.8. The molecule has 2 saturated heterocycles. The number of ketones is 1. The van der Waals surface area contributed by atoms with Gasteiger partial charge >= 0.3 is 0 Å². The van der Waals surface area contributed by atoms with Crippen LogP contribution in [-0.4, -0.2) is 31.2 Å². The predicted octanol–water partition coefficient (Wildman–Crippen LogP) is 2.82. The molecule has 0 aromatic rings. The van der Waals surface area contributed by atoms with Gasteiger partial charge in [-0.25, -0.2) is 0 Å². The number of carbonyl (C=O) groups is 1. The molecule has 1 spiro atoms. The summed E-state index contributed by atoms with van der Waals surface area (Å²) in [4.78, 5) is 13.0. The van der Waals surface area contributed by atoms with Gasteiger partial charge in [0.1, 0.15) is 5.78 Å². The fraction of sp³-hybridized carbons (Fsp3) is 0.944. The topological polar surface area (TPSA) is 35.5 Å². The van der Waals surface area contributed by atoms with Crippen LogP contribution in [0.4, 0.5) is 0 Å². The van der Waals surface area contributed by atoms with Crippen LogP contribution in [-0.2, 0) is 14.3 Å². The van der Waals surface area contributed by atoms with Crippen molar-refractivity contribution >= 4 is 5.78 Å². The Morgan fingerprint density at radius 3 is 2.38 bits per heavy atom. The van der Waals surface area contributed by atoms with E-state index in [0.717, 1.165) is 69.2 Å². The minimum absolute atomic E-state index is 0.0280. The minimum atomic E-state index is -0.0280. The molecule has 0 aromatic heterocycles. The van der Waals surface area contributed by atoms with Gasteiger partial charge in [-0.05, 0) is 68.6 Å². The summed E-state index contributed by atoms with van der Waals surface area (Å²) < 4.78 is 11.6. The highest BCUT2D eigenvalue weighted by atomic mass is 16.5. The van der Waals surface area contributed by atoms with Crippen molar-refractivity contribution in [3.63, 3.8) is 0 Å². The SMILES string of the molecule is O=C(C1CCOC2(CCOCC2)C1)C1C2C3CCC(C3)C12. The van der Waals surface area contributed by atoms with Gasteiger partial charge in [-0.15, -0.1) is 0 Å². The van der Waals surface area contributed by atoms with Crippen LogP contribution in [0.25, 0.3) is 0 Å². The van der Waals surface area contributed by atoms with Crippen LogP contribution in [0, 0.1) is 35.5 Å². The molecule has 2 heterocycles. The minimum Gasteiger partial charge on any atom is -0.381 e. The number of ether oxygens (including phenoxy) is 2. The number of rotatable bonds is 2. The van der Waals surface area contributed by atoms with E-state index in [-0.39, 0.29) is 11.5 Å². The van der Waals surface area contributed by atoms with Gasteiger partial charge < -0.3 is 9.47 Å². The lowest BCUT2D eigenvalue weighted by Gasteiger charge is -2.43. The Balaban J connectivity index is 1.29. The van der Waals surface area contributed by atoms with E-state index in [2.05, 4.69) is 0 Å². The van der Waals surface area contributed by atoms with E-state index < -0.39 is 0 Å². The molecule has 5 fully saturated rings. The van der Waals surface area contributed by atoms with Gasteiger partial charge in [0, 0.05) is 31.7 Å². The molecular formula is C18H26O3. The molecule has 0 aromatic carbocycles. The summed E-state index contributed by atoms with van der Waals surface area (Å²) >= 11 is 0. The third kappa shape index (κ3) is 1.89. The van der Waals surface area contributed by atoms with Crippen molar-refractivity contribution in [2.75, 3.05) is 19.8 Å². The van der Waals surface area contributed by atoms with Crippen molar-refractivity contribution in [3.8, 4) is 0 Å². The molecule has 5 unspecified atom stereocenters. The number of carbonyl (C=O) groups excluding carboxylic acids is 1. The summed E-state index contributed by atoms with van der Waals surface area (Å²) in [6, 6.07) is 0. The third-order valence-electron chi connectivity index (χ3n) is 7.36. The number of Topliss-reactive ketones (excluding diaryl/α,β-unsaturated/α-hetero) is 1. The largest absolute Gasteiger partial charge is 0.381 e. The fourth-order valence-corrected chi connectivity index (χ4v) is 6.34. The van der Waals surface area contributed by atoms with E-state index in [9.17, 15) is 4.79 Å². The van der Waals surface area contributed by atoms with E-state index >= 15 is 0 Å². The molecule has 0 N–H and O–H groups in total. The van der Waals surface area contributed by atoms with Crippen molar-refractivity contribution in [2.45, 2.75) is 50.5 Å². The average Bonchev–Trinajstić information content (AvgIpc) is 2.94. The van der Waals surface area contributed by atoms with Gasteiger partial charge in [0.2, 0.25) is 0 Å². The summed E-state index contributed by atoms with van der Waals surface area (Å²) in [6.45, 7) is 2.39. The standard InChI is InChI=1S/C18H26O3/c19-17(16-14-11-1-2-12(9-11)15(14)16)13-3-6-21-18(10-13)4-7-20-8-5-18/h11-16H,1-10H2. The molecule has 21 heavy (non-hydrogen) atoms. The maximum absolute atomic E-state index is 13.0. The maximum Gasteiger partial charge on any atom is 0.139 e. The van der Waals surface area contributed by atoms with E-state index in [0.29, 0.717) is 11.7 Å². The van der Waals surface area contributed by atoms with Crippen LogP contribution in [0.5, 0.6) is 0 Å². The van der Waals surface area contributed by atoms with Gasteiger partial charge in [-0.3, -0.25) is 4.79 Å². The molecule has 3 nitrogen and oxygen atoms in total. The van der Waals surface area contributed by atoms with Crippen LogP contribution in [0.1, 0.15) is 44.9 Å². The van der Waals surface area contributed by atoms with Crippen molar-refractivity contribution in [1.82, 2.24) is 0 Å². The fourth-order valence-electron chi connectivity index (χ4n) is 6.34. The van der Waals surface area contributed by atoms with Crippen LogP contribution in [0.3, 0.4) is 0 Å². The molecule has 0 amide bonds. The molecule has 3 aliphatic carbocycles. The lowest BCUT2D eigenvalue weighted by Crippen LogP contribution is -2.46. The summed E-state index contributed by atoms with van der Waals surface area (Å²) in [7, 11) is 0. The van der Waals surface area contributed by atoms with Gasteiger partial charge in [-0.2, -0.15) is 0 Å². The highest BCUT2D eigenvalue weighted by Crippen LogP contribution is 2.70. The molecule has 0 radical (unpaired) electrons. The van der Waals surface area contributed by atoms with Gasteiger partial charge in [0.05, 0.1) is 5.60 Å². The summed E-state index contributed by atoms with van der Waals surface area (Å²) in [5.41, 5.74) is -0.0280. The zero-order chi connectivity index (χ0) is 14.0. The van der Waals surface area contributed by atoms with E-state index in [1.807, 2.05) is 0 Å². The maximum atomic E-state index is 13.0. The molecule has 2 aliphatic heterocycles. The predicted molar refractivity (Wildman–Crippen MR) is 77.8 cm³/mol. The Bertz CT molecular complexity index is 432. The summed E-state index contributed by atoms with van der Waals surface area (Å²) in [5.74, 6) is 4.77. The average molecular weight is 290 g/mol. The first kappa shape index (κ1) is 13.1. The molecule has 3 saturated carbocycles. The Hall–Kier alpha value is -0.410. The van der Waals surface area contributed by atoms with Crippen molar-refractivity contribution in [1.29, 1.82) is 0 Å². The quantitative estimate of drug-likeness (QED) is 0.784. The van der Waals surface area contributed by atoms with Gasteiger partial charge in [-0.1, -0.05) is 0 Å². The van der Waals surface area contributed by atoms with Crippen LogP contribution in [0.15, 0.2) is 0 Å². The first-order chi connectivity index (χ1) is 10.3. The van der Waals surface area contributed by atoms with Gasteiger partial charge in [0.15, 0.2) is 0 Å². The van der Waals surface area contributed by atoms with E-state index in [1.54, 1.807) is 0 Å². The van der Waals surface area contributed by atoms with Crippen LogP contribution in [0.2, 0.25) is 0 Å². The zero-order valence-electron chi connectivity index (χ0n) is 12.8. The highest BCUT2D eigenvalue weighted by molar-refractivity contribution is 5.87. The van der Waals surface area contributed by atoms with Crippen LogP contribution >= 0.6 is 0 Å². The van der Waals surface area contributed by atoms with Crippen LogP contribution < -0.4 is 0 Å².